The van der Waals surface area contributed by atoms with E-state index in [2.05, 4.69) is 15.6 Å². The number of thiophene rings is 1. The molecule has 3 aromatic rings. The summed E-state index contributed by atoms with van der Waals surface area (Å²) in [5.41, 5.74) is 2.01. The van der Waals surface area contributed by atoms with E-state index >= 15 is 0 Å². The minimum Gasteiger partial charge on any atom is -0.334 e. The van der Waals surface area contributed by atoms with Crippen molar-refractivity contribution in [3.8, 4) is 0 Å². The second kappa shape index (κ2) is 8.61. The van der Waals surface area contributed by atoms with Gasteiger partial charge in [-0.2, -0.15) is 0 Å². The number of aromatic nitrogens is 2. The van der Waals surface area contributed by atoms with Crippen LogP contribution in [-0.4, -0.2) is 26.7 Å². The van der Waals surface area contributed by atoms with Gasteiger partial charge in [-0.15, -0.1) is 11.3 Å². The molecule has 4 rings (SSSR count). The number of thioether (sulfide) groups is 1. The Morgan fingerprint density at radius 3 is 2.80 bits per heavy atom. The van der Waals surface area contributed by atoms with Crippen LogP contribution >= 0.6 is 23.1 Å². The molecule has 0 saturated carbocycles. The Labute approximate surface area is 181 Å². The van der Waals surface area contributed by atoms with Crippen LogP contribution in [-0.2, 0) is 31.2 Å². The van der Waals surface area contributed by atoms with Gasteiger partial charge in [-0.1, -0.05) is 42.1 Å². The number of rotatable bonds is 5. The monoisotopic (exact) mass is 442 g/mol. The fourth-order valence-corrected chi connectivity index (χ4v) is 5.64. The van der Waals surface area contributed by atoms with Crippen molar-refractivity contribution in [1.29, 1.82) is 0 Å². The van der Waals surface area contributed by atoms with Gasteiger partial charge in [0.2, 0.25) is 5.91 Å². The van der Waals surface area contributed by atoms with E-state index in [9.17, 15) is 14.4 Å². The summed E-state index contributed by atoms with van der Waals surface area (Å²) >= 11 is 2.74. The van der Waals surface area contributed by atoms with Gasteiger partial charge < -0.3 is 5.32 Å². The van der Waals surface area contributed by atoms with Crippen LogP contribution in [0.25, 0.3) is 10.2 Å². The molecule has 0 spiro atoms. The zero-order chi connectivity index (χ0) is 21.3. The predicted molar refractivity (Wildman–Crippen MR) is 119 cm³/mol. The second-order valence-electron chi connectivity index (χ2n) is 7.21. The molecular weight excluding hydrogens is 420 g/mol. The minimum absolute atomic E-state index is 0.0740. The lowest BCUT2D eigenvalue weighted by Crippen LogP contribution is -2.42. The number of benzene rings is 1. The predicted octanol–water partition coefficient (Wildman–Crippen LogP) is 2.99. The molecule has 9 heteroatoms. The Kier molecular flexibility index (Phi) is 5.92. The molecule has 0 fully saturated rings. The molecule has 3 amide bonds. The molecular formula is C21H22N4O3S2. The van der Waals surface area contributed by atoms with E-state index in [0.29, 0.717) is 11.7 Å². The van der Waals surface area contributed by atoms with Crippen molar-refractivity contribution in [1.82, 2.24) is 20.2 Å². The second-order valence-corrected chi connectivity index (χ2v) is 9.61. The molecule has 1 aliphatic carbocycles. The fraction of sp³-hybridized carbons (Fsp3) is 0.333. The van der Waals surface area contributed by atoms with E-state index in [1.165, 1.54) is 21.2 Å². The third-order valence-electron chi connectivity index (χ3n) is 5.09. The number of fused-ring (bicyclic) bond motifs is 3. The molecule has 1 aliphatic rings. The van der Waals surface area contributed by atoms with E-state index in [1.54, 1.807) is 25.3 Å². The van der Waals surface area contributed by atoms with Crippen molar-refractivity contribution >= 4 is 45.3 Å². The largest absolute Gasteiger partial charge is 0.334 e. The molecule has 2 heterocycles. The summed E-state index contributed by atoms with van der Waals surface area (Å²) in [6.45, 7) is 2.02. The highest BCUT2D eigenvalue weighted by Crippen LogP contribution is 2.35. The van der Waals surface area contributed by atoms with Gasteiger partial charge in [-0.05, 0) is 37.3 Å². The Morgan fingerprint density at radius 2 is 2.03 bits per heavy atom. The molecule has 7 nitrogen and oxygen atoms in total. The van der Waals surface area contributed by atoms with E-state index < -0.39 is 17.2 Å². The number of urea groups is 1. The van der Waals surface area contributed by atoms with E-state index in [0.717, 1.165) is 40.6 Å². The average Bonchev–Trinajstić information content (AvgIpc) is 3.31. The van der Waals surface area contributed by atoms with Crippen molar-refractivity contribution in [2.45, 2.75) is 43.1 Å². The van der Waals surface area contributed by atoms with E-state index in [-0.39, 0.29) is 5.56 Å². The summed E-state index contributed by atoms with van der Waals surface area (Å²) in [5, 5.41) is 5.62. The van der Waals surface area contributed by atoms with Crippen LogP contribution < -0.4 is 16.2 Å². The number of imide groups is 1. The first-order valence-corrected chi connectivity index (χ1v) is 11.4. The Balaban J connectivity index is 1.42. The smallest absolute Gasteiger partial charge is 0.321 e. The van der Waals surface area contributed by atoms with Crippen molar-refractivity contribution in [3.05, 3.63) is 56.7 Å². The topological polar surface area (TPSA) is 93.1 Å². The standard InChI is InChI=1S/C21H22N4O3S2/c1-12(17(26)23-20(28)22-11-13-7-4-3-5-8-13)29-21-24-18-16(19(27)25(21)2)14-9-6-10-15(14)30-18/h3-5,7-8,12H,6,9-11H2,1-2H3,(H2,22,23,26,28). The van der Waals surface area contributed by atoms with Gasteiger partial charge >= 0.3 is 6.03 Å². The van der Waals surface area contributed by atoms with Gasteiger partial charge in [-0.25, -0.2) is 9.78 Å². The summed E-state index contributed by atoms with van der Waals surface area (Å²) in [7, 11) is 1.67. The van der Waals surface area contributed by atoms with Crippen molar-refractivity contribution in [3.63, 3.8) is 0 Å². The van der Waals surface area contributed by atoms with Crippen LogP contribution in [0, 0.1) is 0 Å². The van der Waals surface area contributed by atoms with E-state index in [1.807, 2.05) is 30.3 Å². The molecule has 0 bridgehead atoms. The molecule has 0 saturated heterocycles. The van der Waals surface area contributed by atoms with Crippen molar-refractivity contribution in [2.24, 2.45) is 7.05 Å². The zero-order valence-corrected chi connectivity index (χ0v) is 18.4. The molecule has 30 heavy (non-hydrogen) atoms. The summed E-state index contributed by atoms with van der Waals surface area (Å²) in [4.78, 5) is 44.0. The first-order valence-electron chi connectivity index (χ1n) is 9.74. The number of hydrogen-bond donors (Lipinski definition) is 2. The first-order chi connectivity index (χ1) is 14.4. The van der Waals surface area contributed by atoms with Crippen molar-refractivity contribution in [2.75, 3.05) is 0 Å². The van der Waals surface area contributed by atoms with Gasteiger partial charge in [0.05, 0.1) is 10.6 Å². The summed E-state index contributed by atoms with van der Waals surface area (Å²) in [5.74, 6) is -0.436. The highest BCUT2D eigenvalue weighted by Gasteiger charge is 2.24. The Hall–Kier alpha value is -2.65. The number of carbonyl (C=O) groups excluding carboxylic acids is 2. The van der Waals surface area contributed by atoms with Crippen LogP contribution in [0.4, 0.5) is 4.79 Å². The van der Waals surface area contributed by atoms with Crippen LogP contribution in [0.15, 0.2) is 40.3 Å². The van der Waals surface area contributed by atoms with E-state index in [4.69, 9.17) is 0 Å². The van der Waals surface area contributed by atoms with Gasteiger partial charge in [-0.3, -0.25) is 19.5 Å². The minimum atomic E-state index is -0.588. The molecule has 1 unspecified atom stereocenters. The number of hydrogen-bond acceptors (Lipinski definition) is 6. The molecule has 1 atom stereocenters. The molecule has 2 N–H and O–H groups in total. The van der Waals surface area contributed by atoms with Crippen LogP contribution in [0.1, 0.15) is 29.3 Å². The molecule has 2 aromatic heterocycles. The molecule has 0 radical (unpaired) electrons. The first kappa shape index (κ1) is 20.6. The van der Waals surface area contributed by atoms with Crippen LogP contribution in [0.2, 0.25) is 0 Å². The van der Waals surface area contributed by atoms with Gasteiger partial charge in [0.15, 0.2) is 5.16 Å². The highest BCUT2D eigenvalue weighted by atomic mass is 32.2. The lowest BCUT2D eigenvalue weighted by Gasteiger charge is -2.13. The SMILES string of the molecule is CC(Sc1nc2sc3c(c2c(=O)n1C)CCC3)C(=O)NC(=O)NCc1ccccc1. The zero-order valence-electron chi connectivity index (χ0n) is 16.7. The summed E-state index contributed by atoms with van der Waals surface area (Å²) in [6.07, 6.45) is 3.01. The normalized spacial score (nSPS) is 13.8. The molecule has 1 aromatic carbocycles. The van der Waals surface area contributed by atoms with Gasteiger partial charge in [0.1, 0.15) is 4.83 Å². The number of aryl methyl sites for hydroxylation is 2. The quantitative estimate of drug-likeness (QED) is 0.468. The Morgan fingerprint density at radius 1 is 1.27 bits per heavy atom. The molecule has 156 valence electrons. The summed E-state index contributed by atoms with van der Waals surface area (Å²) < 4.78 is 1.50. The van der Waals surface area contributed by atoms with Crippen LogP contribution in [0.5, 0.6) is 0 Å². The number of nitrogens with one attached hydrogen (secondary N) is 2. The third-order valence-corrected chi connectivity index (χ3v) is 7.42. The number of amides is 3. The van der Waals surface area contributed by atoms with Crippen LogP contribution in [0.3, 0.4) is 0 Å². The maximum absolute atomic E-state index is 12.9. The number of nitrogens with zero attached hydrogens (tertiary/aromatic N) is 2. The average molecular weight is 443 g/mol. The van der Waals surface area contributed by atoms with Gasteiger partial charge in [0.25, 0.3) is 5.56 Å². The lowest BCUT2D eigenvalue weighted by molar-refractivity contribution is -0.119. The third kappa shape index (κ3) is 4.13. The van der Waals surface area contributed by atoms with Gasteiger partial charge in [0, 0.05) is 18.5 Å². The Bertz CT molecular complexity index is 1170. The highest BCUT2D eigenvalue weighted by molar-refractivity contribution is 8.00. The lowest BCUT2D eigenvalue weighted by atomic mass is 10.2. The molecule has 0 aliphatic heterocycles. The summed E-state index contributed by atoms with van der Waals surface area (Å²) in [6, 6.07) is 8.90. The maximum Gasteiger partial charge on any atom is 0.321 e. The fourth-order valence-electron chi connectivity index (χ4n) is 3.46. The number of carbonyl (C=O) groups is 2. The van der Waals surface area contributed by atoms with Crippen molar-refractivity contribution < 1.29 is 9.59 Å². The maximum atomic E-state index is 12.9.